The van der Waals surface area contributed by atoms with Crippen LogP contribution in [0.25, 0.3) is 10.8 Å². The molecule has 0 saturated heterocycles. The molecule has 3 aromatic carbocycles. The fourth-order valence-electron chi connectivity index (χ4n) is 3.06. The number of benzene rings is 3. The Labute approximate surface area is 146 Å². The summed E-state index contributed by atoms with van der Waals surface area (Å²) in [5.74, 6) is -1.04. The van der Waals surface area contributed by atoms with Gasteiger partial charge in [-0.25, -0.2) is 4.90 Å². The van der Waals surface area contributed by atoms with Gasteiger partial charge in [-0.1, -0.05) is 17.7 Å². The molecule has 0 atom stereocenters. The maximum atomic E-state index is 12.9. The molecule has 2 amide bonds. The van der Waals surface area contributed by atoms with E-state index >= 15 is 0 Å². The highest BCUT2D eigenvalue weighted by Crippen LogP contribution is 2.36. The molecule has 1 aliphatic rings. The van der Waals surface area contributed by atoms with Crippen LogP contribution in [0, 0.1) is 10.1 Å². The van der Waals surface area contributed by atoms with Crippen LogP contribution >= 0.6 is 11.6 Å². The van der Waals surface area contributed by atoms with E-state index in [1.54, 1.807) is 42.5 Å². The normalized spacial score (nSPS) is 13.4. The summed E-state index contributed by atoms with van der Waals surface area (Å²) in [5, 5.41) is 12.3. The molecule has 0 unspecified atom stereocenters. The summed E-state index contributed by atoms with van der Waals surface area (Å²) in [5.41, 5.74) is 0.762. The molecule has 0 N–H and O–H groups in total. The first-order valence-corrected chi connectivity index (χ1v) is 7.71. The summed E-state index contributed by atoms with van der Waals surface area (Å²) >= 11 is 5.86. The molecule has 7 heteroatoms. The zero-order chi connectivity index (χ0) is 17.7. The van der Waals surface area contributed by atoms with E-state index in [9.17, 15) is 19.7 Å². The average Bonchev–Trinajstić information content (AvgIpc) is 2.60. The predicted octanol–water partition coefficient (Wildman–Crippen LogP) is 4.20. The van der Waals surface area contributed by atoms with E-state index in [-0.39, 0.29) is 22.2 Å². The van der Waals surface area contributed by atoms with Crippen molar-refractivity contribution in [1.29, 1.82) is 0 Å². The van der Waals surface area contributed by atoms with Gasteiger partial charge in [0, 0.05) is 27.6 Å². The fraction of sp³-hybridized carbons (Fsp3) is 0. The van der Waals surface area contributed by atoms with Crippen LogP contribution in [0.4, 0.5) is 11.4 Å². The van der Waals surface area contributed by atoms with E-state index in [1.807, 2.05) is 0 Å². The third-order valence-electron chi connectivity index (χ3n) is 4.17. The third-order valence-corrected chi connectivity index (χ3v) is 4.42. The fourth-order valence-corrected chi connectivity index (χ4v) is 3.19. The van der Waals surface area contributed by atoms with Gasteiger partial charge in [-0.3, -0.25) is 19.7 Å². The van der Waals surface area contributed by atoms with Crippen molar-refractivity contribution in [3.05, 3.63) is 80.9 Å². The van der Waals surface area contributed by atoms with Gasteiger partial charge in [0.05, 0.1) is 16.0 Å². The number of imide groups is 1. The standard InChI is InChI=1S/C18H9ClN2O4/c19-10-4-6-11(7-5-10)20-17(22)13-3-1-2-12-15(21(24)25)9-8-14(16(12)13)18(20)23/h1-9H. The van der Waals surface area contributed by atoms with Crippen LogP contribution < -0.4 is 4.90 Å². The van der Waals surface area contributed by atoms with Gasteiger partial charge in [0.2, 0.25) is 0 Å². The second-order valence-electron chi connectivity index (χ2n) is 5.54. The van der Waals surface area contributed by atoms with Crippen molar-refractivity contribution in [2.24, 2.45) is 0 Å². The number of anilines is 1. The lowest BCUT2D eigenvalue weighted by Gasteiger charge is -2.27. The van der Waals surface area contributed by atoms with Crippen LogP contribution in [0.5, 0.6) is 0 Å². The third kappa shape index (κ3) is 2.19. The van der Waals surface area contributed by atoms with Gasteiger partial charge in [-0.2, -0.15) is 0 Å². The summed E-state index contributed by atoms with van der Waals surface area (Å²) in [4.78, 5) is 37.5. The van der Waals surface area contributed by atoms with Crippen LogP contribution in [0.2, 0.25) is 5.02 Å². The highest BCUT2D eigenvalue weighted by Gasteiger charge is 2.35. The maximum Gasteiger partial charge on any atom is 0.277 e. The Hall–Kier alpha value is -3.25. The number of non-ortho nitro benzene ring substituents is 1. The van der Waals surface area contributed by atoms with Gasteiger partial charge in [0.25, 0.3) is 17.5 Å². The average molecular weight is 353 g/mol. The molecule has 0 bridgehead atoms. The van der Waals surface area contributed by atoms with Crippen molar-refractivity contribution in [3.63, 3.8) is 0 Å². The minimum atomic E-state index is -0.524. The number of nitro benzene ring substituents is 1. The van der Waals surface area contributed by atoms with Crippen LogP contribution in [0.3, 0.4) is 0 Å². The summed E-state index contributed by atoms with van der Waals surface area (Å²) in [6.45, 7) is 0. The van der Waals surface area contributed by atoms with Crippen molar-refractivity contribution >= 4 is 45.6 Å². The number of carbonyl (C=O) groups is 2. The zero-order valence-electron chi connectivity index (χ0n) is 12.6. The topological polar surface area (TPSA) is 80.5 Å². The number of hydrogen-bond acceptors (Lipinski definition) is 4. The van der Waals surface area contributed by atoms with Crippen molar-refractivity contribution < 1.29 is 14.5 Å². The van der Waals surface area contributed by atoms with Crippen molar-refractivity contribution in [2.45, 2.75) is 0 Å². The lowest BCUT2D eigenvalue weighted by atomic mass is 9.93. The van der Waals surface area contributed by atoms with E-state index in [0.717, 1.165) is 4.90 Å². The maximum absolute atomic E-state index is 12.9. The summed E-state index contributed by atoms with van der Waals surface area (Å²) < 4.78 is 0. The molecule has 3 aromatic rings. The highest BCUT2D eigenvalue weighted by molar-refractivity contribution is 6.36. The monoisotopic (exact) mass is 352 g/mol. The SMILES string of the molecule is O=C1c2cccc3c([N+](=O)[O-])ccc(c23)C(=O)N1c1ccc(Cl)cc1. The van der Waals surface area contributed by atoms with Crippen LogP contribution in [-0.2, 0) is 0 Å². The predicted molar refractivity (Wildman–Crippen MR) is 93.2 cm³/mol. The van der Waals surface area contributed by atoms with Crippen LogP contribution in [0.1, 0.15) is 20.7 Å². The van der Waals surface area contributed by atoms with Gasteiger partial charge in [0.15, 0.2) is 0 Å². The number of nitro groups is 1. The number of amides is 2. The van der Waals surface area contributed by atoms with E-state index in [4.69, 9.17) is 11.6 Å². The van der Waals surface area contributed by atoms with Crippen molar-refractivity contribution in [1.82, 2.24) is 0 Å². The van der Waals surface area contributed by atoms with Crippen molar-refractivity contribution in [2.75, 3.05) is 4.90 Å². The molecular weight excluding hydrogens is 344 g/mol. The van der Waals surface area contributed by atoms with Gasteiger partial charge in [0.1, 0.15) is 0 Å². The lowest BCUT2D eigenvalue weighted by molar-refractivity contribution is -0.383. The molecule has 0 fully saturated rings. The van der Waals surface area contributed by atoms with E-state index in [2.05, 4.69) is 0 Å². The van der Waals surface area contributed by atoms with Gasteiger partial charge in [-0.15, -0.1) is 0 Å². The summed E-state index contributed by atoms with van der Waals surface area (Å²) in [6.07, 6.45) is 0. The Morgan fingerprint density at radius 1 is 0.880 bits per heavy atom. The molecule has 4 rings (SSSR count). The Morgan fingerprint density at radius 3 is 2.16 bits per heavy atom. The highest BCUT2D eigenvalue weighted by atomic mass is 35.5. The van der Waals surface area contributed by atoms with E-state index in [0.29, 0.717) is 16.1 Å². The van der Waals surface area contributed by atoms with Gasteiger partial charge in [-0.05, 0) is 42.5 Å². The first-order valence-electron chi connectivity index (χ1n) is 7.33. The minimum absolute atomic E-state index is 0.138. The Morgan fingerprint density at radius 2 is 1.52 bits per heavy atom. The van der Waals surface area contributed by atoms with Crippen LogP contribution in [0.15, 0.2) is 54.6 Å². The number of nitrogens with zero attached hydrogens (tertiary/aromatic N) is 2. The molecule has 0 saturated carbocycles. The molecule has 6 nitrogen and oxygen atoms in total. The first-order chi connectivity index (χ1) is 12.0. The van der Waals surface area contributed by atoms with Gasteiger partial charge < -0.3 is 0 Å². The molecule has 0 aromatic heterocycles. The molecule has 0 spiro atoms. The quantitative estimate of drug-likeness (QED) is 0.393. The lowest BCUT2D eigenvalue weighted by Crippen LogP contribution is -2.40. The number of carbonyl (C=O) groups excluding carboxylic acids is 2. The van der Waals surface area contributed by atoms with Gasteiger partial charge >= 0.3 is 0 Å². The number of rotatable bonds is 2. The molecule has 1 aliphatic heterocycles. The summed E-state index contributed by atoms with van der Waals surface area (Å²) in [7, 11) is 0. The van der Waals surface area contributed by atoms with E-state index in [1.165, 1.54) is 12.1 Å². The largest absolute Gasteiger partial charge is 0.277 e. The number of hydrogen-bond donors (Lipinski definition) is 0. The molecule has 0 aliphatic carbocycles. The minimum Gasteiger partial charge on any atom is -0.268 e. The molecular formula is C18H9ClN2O4. The second kappa shape index (κ2) is 5.39. The molecule has 122 valence electrons. The smallest absolute Gasteiger partial charge is 0.268 e. The molecule has 1 heterocycles. The molecule has 0 radical (unpaired) electrons. The first kappa shape index (κ1) is 15.3. The Balaban J connectivity index is 1.99. The number of halogens is 1. The van der Waals surface area contributed by atoms with E-state index < -0.39 is 16.7 Å². The van der Waals surface area contributed by atoms with Crippen LogP contribution in [-0.4, -0.2) is 16.7 Å². The zero-order valence-corrected chi connectivity index (χ0v) is 13.4. The summed E-state index contributed by atoms with van der Waals surface area (Å²) in [6, 6.07) is 13.7. The van der Waals surface area contributed by atoms with Crippen molar-refractivity contribution in [3.8, 4) is 0 Å². The Bertz CT molecular complexity index is 1050. The Kier molecular flexibility index (Phi) is 3.30. The second-order valence-corrected chi connectivity index (χ2v) is 5.98. The molecule has 25 heavy (non-hydrogen) atoms.